The maximum absolute atomic E-state index is 9.16. The standard InChI is InChI=1S/C9H21NO3/c1-7(11)4-10(5-8(2)12)6-9(3)13/h7-9,11-13H,4-6H2,1-3H3/p+1. The molecule has 0 aromatic rings. The Morgan fingerprint density at radius 2 is 1.00 bits per heavy atom. The maximum atomic E-state index is 9.16. The fraction of sp³-hybridized carbons (Fsp3) is 1.00. The van der Waals surface area contributed by atoms with Crippen molar-refractivity contribution in [2.45, 2.75) is 39.1 Å². The monoisotopic (exact) mass is 192 g/mol. The fourth-order valence-electron chi connectivity index (χ4n) is 1.50. The molecule has 13 heavy (non-hydrogen) atoms. The Morgan fingerprint density at radius 1 is 0.769 bits per heavy atom. The van der Waals surface area contributed by atoms with Gasteiger partial charge in [-0.25, -0.2) is 0 Å². The molecule has 0 bridgehead atoms. The van der Waals surface area contributed by atoms with Crippen LogP contribution < -0.4 is 4.90 Å². The van der Waals surface area contributed by atoms with Gasteiger partial charge in [-0.05, 0) is 20.8 Å². The summed E-state index contributed by atoms with van der Waals surface area (Å²) in [6, 6.07) is 0. The third-order valence-electron chi connectivity index (χ3n) is 1.75. The van der Waals surface area contributed by atoms with Gasteiger partial charge in [0.2, 0.25) is 0 Å². The highest BCUT2D eigenvalue weighted by Gasteiger charge is 2.16. The van der Waals surface area contributed by atoms with Crippen LogP contribution in [0.5, 0.6) is 0 Å². The molecule has 4 nitrogen and oxygen atoms in total. The van der Waals surface area contributed by atoms with Gasteiger partial charge in [0.15, 0.2) is 0 Å². The SMILES string of the molecule is CC(O)C[NH+](CC(C)O)CC(C)O. The van der Waals surface area contributed by atoms with Crippen molar-refractivity contribution in [3.8, 4) is 0 Å². The second-order valence-electron chi connectivity index (χ2n) is 3.91. The molecule has 0 spiro atoms. The molecule has 0 aromatic carbocycles. The fourth-order valence-corrected chi connectivity index (χ4v) is 1.50. The molecule has 4 N–H and O–H groups in total. The van der Waals surface area contributed by atoms with Crippen molar-refractivity contribution in [3.05, 3.63) is 0 Å². The average molecular weight is 192 g/mol. The third kappa shape index (κ3) is 8.18. The van der Waals surface area contributed by atoms with E-state index >= 15 is 0 Å². The zero-order valence-corrected chi connectivity index (χ0v) is 8.70. The van der Waals surface area contributed by atoms with E-state index < -0.39 is 18.3 Å². The Bertz CT molecular complexity index is 102. The Balaban J connectivity index is 3.87. The zero-order chi connectivity index (χ0) is 10.4. The molecule has 0 fully saturated rings. The van der Waals surface area contributed by atoms with Crippen molar-refractivity contribution in [2.75, 3.05) is 19.6 Å². The molecule has 0 rings (SSSR count). The second-order valence-corrected chi connectivity index (χ2v) is 3.91. The van der Waals surface area contributed by atoms with Crippen molar-refractivity contribution in [1.29, 1.82) is 0 Å². The van der Waals surface area contributed by atoms with Gasteiger partial charge >= 0.3 is 0 Å². The van der Waals surface area contributed by atoms with Gasteiger partial charge in [0.1, 0.15) is 37.9 Å². The zero-order valence-electron chi connectivity index (χ0n) is 8.70. The van der Waals surface area contributed by atoms with Gasteiger partial charge in [-0.15, -0.1) is 0 Å². The lowest BCUT2D eigenvalue weighted by Crippen LogP contribution is -3.15. The highest BCUT2D eigenvalue weighted by molar-refractivity contribution is 4.48. The molecule has 3 atom stereocenters. The van der Waals surface area contributed by atoms with Crippen LogP contribution in [-0.4, -0.2) is 53.3 Å². The first-order valence-electron chi connectivity index (χ1n) is 4.79. The van der Waals surface area contributed by atoms with Crippen LogP contribution in [0.4, 0.5) is 0 Å². The van der Waals surface area contributed by atoms with E-state index in [0.29, 0.717) is 19.6 Å². The van der Waals surface area contributed by atoms with E-state index in [0.717, 1.165) is 4.90 Å². The topological polar surface area (TPSA) is 65.1 Å². The van der Waals surface area contributed by atoms with Crippen LogP contribution in [0, 0.1) is 0 Å². The minimum absolute atomic E-state index is 0.396. The first-order chi connectivity index (χ1) is 5.91. The van der Waals surface area contributed by atoms with Crippen LogP contribution in [0.3, 0.4) is 0 Å². The first-order valence-corrected chi connectivity index (χ1v) is 4.79. The van der Waals surface area contributed by atoms with E-state index in [1.54, 1.807) is 20.8 Å². The number of hydrogen-bond donors (Lipinski definition) is 4. The Labute approximate surface area is 79.8 Å². The molecule has 0 radical (unpaired) electrons. The molecule has 0 aliphatic rings. The largest absolute Gasteiger partial charge is 0.388 e. The summed E-state index contributed by atoms with van der Waals surface area (Å²) >= 11 is 0. The molecule has 0 amide bonds. The molecule has 80 valence electrons. The summed E-state index contributed by atoms with van der Waals surface area (Å²) in [5.74, 6) is 0. The molecular formula is C9H22NO3+. The predicted molar refractivity (Wildman–Crippen MR) is 50.6 cm³/mol. The van der Waals surface area contributed by atoms with Crippen LogP contribution in [0.2, 0.25) is 0 Å². The molecule has 0 aromatic heterocycles. The Hall–Kier alpha value is -0.160. The van der Waals surface area contributed by atoms with Crippen molar-refractivity contribution < 1.29 is 20.2 Å². The molecule has 0 heterocycles. The predicted octanol–water partition coefficient (Wildman–Crippen LogP) is -1.99. The Morgan fingerprint density at radius 3 is 1.15 bits per heavy atom. The number of aliphatic hydroxyl groups excluding tert-OH is 3. The number of rotatable bonds is 6. The van der Waals surface area contributed by atoms with Crippen LogP contribution in [0.25, 0.3) is 0 Å². The lowest BCUT2D eigenvalue weighted by Gasteiger charge is -2.23. The van der Waals surface area contributed by atoms with Gasteiger partial charge in [0.05, 0.1) is 0 Å². The number of aliphatic hydroxyl groups is 3. The summed E-state index contributed by atoms with van der Waals surface area (Å²) in [6.07, 6.45) is -1.19. The molecule has 0 aliphatic heterocycles. The van der Waals surface area contributed by atoms with Gasteiger partial charge < -0.3 is 20.2 Å². The summed E-state index contributed by atoms with van der Waals surface area (Å²) in [6.45, 7) is 6.83. The summed E-state index contributed by atoms with van der Waals surface area (Å²) in [7, 11) is 0. The van der Waals surface area contributed by atoms with E-state index in [2.05, 4.69) is 0 Å². The lowest BCUT2D eigenvalue weighted by atomic mass is 10.2. The van der Waals surface area contributed by atoms with E-state index in [1.807, 2.05) is 0 Å². The highest BCUT2D eigenvalue weighted by atomic mass is 16.3. The minimum Gasteiger partial charge on any atom is -0.388 e. The quantitative estimate of drug-likeness (QED) is 0.394. The molecule has 0 aliphatic carbocycles. The van der Waals surface area contributed by atoms with Gasteiger partial charge in [-0.2, -0.15) is 0 Å². The van der Waals surface area contributed by atoms with Crippen molar-refractivity contribution >= 4 is 0 Å². The van der Waals surface area contributed by atoms with Gasteiger partial charge in [0, 0.05) is 0 Å². The van der Waals surface area contributed by atoms with Gasteiger partial charge in [-0.1, -0.05) is 0 Å². The van der Waals surface area contributed by atoms with Gasteiger partial charge in [-0.3, -0.25) is 0 Å². The van der Waals surface area contributed by atoms with Crippen LogP contribution >= 0.6 is 0 Å². The number of quaternary nitrogens is 1. The lowest BCUT2D eigenvalue weighted by molar-refractivity contribution is -0.908. The van der Waals surface area contributed by atoms with Crippen molar-refractivity contribution in [2.24, 2.45) is 0 Å². The van der Waals surface area contributed by atoms with Gasteiger partial charge in [0.25, 0.3) is 0 Å². The average Bonchev–Trinajstić information content (AvgIpc) is 1.80. The first kappa shape index (κ1) is 12.8. The Kier molecular flexibility index (Phi) is 6.24. The third-order valence-corrected chi connectivity index (χ3v) is 1.75. The summed E-state index contributed by atoms with van der Waals surface area (Å²) < 4.78 is 0. The highest BCUT2D eigenvalue weighted by Crippen LogP contribution is 1.77. The van der Waals surface area contributed by atoms with Crippen molar-refractivity contribution in [1.82, 2.24) is 0 Å². The van der Waals surface area contributed by atoms with E-state index in [1.165, 1.54) is 0 Å². The second kappa shape index (κ2) is 6.32. The van der Waals surface area contributed by atoms with E-state index in [4.69, 9.17) is 15.3 Å². The molecular weight excluding hydrogens is 170 g/mol. The molecule has 4 heteroatoms. The van der Waals surface area contributed by atoms with Crippen LogP contribution in [-0.2, 0) is 0 Å². The maximum Gasteiger partial charge on any atom is 0.103 e. The molecule has 0 saturated carbocycles. The number of hydrogen-bond acceptors (Lipinski definition) is 3. The molecule has 0 saturated heterocycles. The van der Waals surface area contributed by atoms with Crippen molar-refractivity contribution in [3.63, 3.8) is 0 Å². The van der Waals surface area contributed by atoms with E-state index in [9.17, 15) is 0 Å². The minimum atomic E-state index is -0.396. The normalized spacial score (nSPS) is 20.8. The van der Waals surface area contributed by atoms with Crippen LogP contribution in [0.15, 0.2) is 0 Å². The summed E-state index contributed by atoms with van der Waals surface area (Å²) in [4.78, 5) is 1.03. The van der Waals surface area contributed by atoms with Crippen LogP contribution in [0.1, 0.15) is 20.8 Å². The summed E-state index contributed by atoms with van der Waals surface area (Å²) in [5.41, 5.74) is 0. The van der Waals surface area contributed by atoms with E-state index in [-0.39, 0.29) is 0 Å². The summed E-state index contributed by atoms with van der Waals surface area (Å²) in [5, 5.41) is 27.5. The molecule has 3 unspecified atom stereocenters. The smallest absolute Gasteiger partial charge is 0.103 e. The number of nitrogens with one attached hydrogen (secondary N) is 1.